The Morgan fingerprint density at radius 1 is 1.86 bits per heavy atom. The van der Waals surface area contributed by atoms with Crippen molar-refractivity contribution in [1.29, 1.82) is 0 Å². The summed E-state index contributed by atoms with van der Waals surface area (Å²) in [5.74, 6) is 0.0139. The highest BCUT2D eigenvalue weighted by molar-refractivity contribution is 5.83. The van der Waals surface area contributed by atoms with E-state index in [1.54, 1.807) is 0 Å². The molecule has 0 spiro atoms. The predicted molar refractivity (Wildman–Crippen MR) is 23.6 cm³/mol. The molecule has 1 aliphatic rings. The molecule has 1 atom stereocenters. The smallest absolute Gasteiger partial charge is 0.178 e. The summed E-state index contributed by atoms with van der Waals surface area (Å²) in [6.07, 6.45) is -0.138. The van der Waals surface area contributed by atoms with Crippen LogP contribution in [0.15, 0.2) is 0 Å². The molecule has 7 heavy (non-hydrogen) atoms. The second-order valence-corrected chi connectivity index (χ2v) is 1.51. The molecule has 0 amide bonds. The predicted octanol–water partition coefficient (Wildman–Crippen LogP) is -0.739. The molecule has 2 N–H and O–H groups in total. The van der Waals surface area contributed by atoms with Crippen molar-refractivity contribution >= 4 is 5.78 Å². The first-order valence-corrected chi connectivity index (χ1v) is 2.20. The summed E-state index contributed by atoms with van der Waals surface area (Å²) < 4.78 is 4.69. The van der Waals surface area contributed by atoms with Gasteiger partial charge in [0.25, 0.3) is 0 Å². The maximum atomic E-state index is 10.3. The highest BCUT2D eigenvalue weighted by Gasteiger charge is 2.19. The Kier molecular flexibility index (Phi) is 1.08. The Balaban J connectivity index is 2.48. The molecule has 0 aromatic carbocycles. The minimum Gasteiger partial charge on any atom is -0.356 e. The summed E-state index contributed by atoms with van der Waals surface area (Å²) in [5, 5.41) is 0. The fourth-order valence-corrected chi connectivity index (χ4v) is 0.522. The molecule has 3 nitrogen and oxygen atoms in total. The summed E-state index contributed by atoms with van der Waals surface area (Å²) in [7, 11) is 0. The van der Waals surface area contributed by atoms with Crippen LogP contribution in [0.1, 0.15) is 6.42 Å². The van der Waals surface area contributed by atoms with Crippen molar-refractivity contribution in [3.8, 4) is 0 Å². The molecule has 1 heterocycles. The lowest BCUT2D eigenvalue weighted by molar-refractivity contribution is -0.122. The first-order chi connectivity index (χ1) is 3.30. The summed E-state index contributed by atoms with van der Waals surface area (Å²) in [5.41, 5.74) is 5.11. The Hall–Kier alpha value is -0.410. The second-order valence-electron chi connectivity index (χ2n) is 1.51. The maximum absolute atomic E-state index is 10.3. The number of hydrogen-bond donors (Lipinski definition) is 1. The fourth-order valence-electron chi connectivity index (χ4n) is 0.522. The van der Waals surface area contributed by atoms with Gasteiger partial charge in [0.15, 0.2) is 12.0 Å². The van der Waals surface area contributed by atoms with Crippen molar-refractivity contribution in [1.82, 2.24) is 0 Å². The Morgan fingerprint density at radius 3 is 2.71 bits per heavy atom. The van der Waals surface area contributed by atoms with E-state index in [9.17, 15) is 4.79 Å². The Labute approximate surface area is 41.4 Å². The number of carbonyl (C=O) groups is 1. The monoisotopic (exact) mass is 101 g/mol. The van der Waals surface area contributed by atoms with E-state index in [1.165, 1.54) is 0 Å². The van der Waals surface area contributed by atoms with E-state index in [4.69, 9.17) is 10.5 Å². The summed E-state index contributed by atoms with van der Waals surface area (Å²) in [6.45, 7) is 0.500. The van der Waals surface area contributed by atoms with E-state index in [1.807, 2.05) is 0 Å². The third kappa shape index (κ3) is 0.783. The van der Waals surface area contributed by atoms with E-state index >= 15 is 0 Å². The van der Waals surface area contributed by atoms with Crippen LogP contribution >= 0.6 is 0 Å². The molecule has 1 aliphatic heterocycles. The average molecular weight is 101 g/mol. The minimum atomic E-state index is -0.625. The standard InChI is InChI=1S/C4H7NO2/c5-4-3(6)1-2-7-4/h4H,1-2,5H2. The van der Waals surface area contributed by atoms with E-state index < -0.39 is 6.23 Å². The summed E-state index contributed by atoms with van der Waals surface area (Å²) in [4.78, 5) is 10.3. The molecular weight excluding hydrogens is 94.0 g/mol. The van der Waals surface area contributed by atoms with Gasteiger partial charge in [-0.2, -0.15) is 0 Å². The largest absolute Gasteiger partial charge is 0.356 e. The van der Waals surface area contributed by atoms with Gasteiger partial charge in [-0.1, -0.05) is 0 Å². The third-order valence-electron chi connectivity index (χ3n) is 0.963. The number of nitrogens with two attached hydrogens (primary N) is 1. The molecule has 0 radical (unpaired) electrons. The molecule has 1 fully saturated rings. The highest BCUT2D eigenvalue weighted by Crippen LogP contribution is 2.00. The molecule has 3 heteroatoms. The first-order valence-electron chi connectivity index (χ1n) is 2.20. The minimum absolute atomic E-state index is 0.0139. The maximum Gasteiger partial charge on any atom is 0.178 e. The lowest BCUT2D eigenvalue weighted by Gasteiger charge is -1.94. The normalized spacial score (nSPS) is 31.6. The molecule has 1 saturated heterocycles. The third-order valence-corrected chi connectivity index (χ3v) is 0.963. The van der Waals surface area contributed by atoms with Gasteiger partial charge in [-0.25, -0.2) is 0 Å². The fraction of sp³-hybridized carbons (Fsp3) is 0.750. The number of Topliss-reactive ketones (excluding diaryl/α,β-unsaturated/α-hetero) is 1. The molecule has 0 aromatic heterocycles. The van der Waals surface area contributed by atoms with Gasteiger partial charge in [-0.3, -0.25) is 10.5 Å². The van der Waals surface area contributed by atoms with Crippen LogP contribution in [-0.4, -0.2) is 18.6 Å². The van der Waals surface area contributed by atoms with Crippen molar-refractivity contribution in [3.63, 3.8) is 0 Å². The Bertz CT molecular complexity index is 91.7. The van der Waals surface area contributed by atoms with E-state index in [0.29, 0.717) is 13.0 Å². The van der Waals surface area contributed by atoms with Crippen LogP contribution in [0.25, 0.3) is 0 Å². The number of ketones is 1. The van der Waals surface area contributed by atoms with Crippen LogP contribution in [0, 0.1) is 0 Å². The lowest BCUT2D eigenvalue weighted by Crippen LogP contribution is -2.25. The second kappa shape index (κ2) is 1.60. The van der Waals surface area contributed by atoms with Gasteiger partial charge < -0.3 is 4.74 Å². The zero-order valence-corrected chi connectivity index (χ0v) is 3.89. The molecule has 0 saturated carbocycles. The van der Waals surface area contributed by atoms with Crippen LogP contribution in [0.5, 0.6) is 0 Å². The van der Waals surface area contributed by atoms with E-state index in [0.717, 1.165) is 0 Å². The van der Waals surface area contributed by atoms with Crippen molar-refractivity contribution in [2.24, 2.45) is 5.73 Å². The molecular formula is C4H7NO2. The number of hydrogen-bond acceptors (Lipinski definition) is 3. The van der Waals surface area contributed by atoms with Gasteiger partial charge in [-0.05, 0) is 0 Å². The van der Waals surface area contributed by atoms with Gasteiger partial charge in [-0.15, -0.1) is 0 Å². The van der Waals surface area contributed by atoms with Gasteiger partial charge in [0.2, 0.25) is 0 Å². The number of carbonyl (C=O) groups excluding carboxylic acids is 1. The molecule has 1 rings (SSSR count). The zero-order valence-electron chi connectivity index (χ0n) is 3.89. The van der Waals surface area contributed by atoms with Crippen molar-refractivity contribution in [2.75, 3.05) is 6.61 Å². The van der Waals surface area contributed by atoms with Gasteiger partial charge >= 0.3 is 0 Å². The Morgan fingerprint density at radius 2 is 2.57 bits per heavy atom. The average Bonchev–Trinajstić information content (AvgIpc) is 1.91. The van der Waals surface area contributed by atoms with Crippen LogP contribution in [0.2, 0.25) is 0 Å². The highest BCUT2D eigenvalue weighted by atomic mass is 16.5. The van der Waals surface area contributed by atoms with Crippen LogP contribution in [0.4, 0.5) is 0 Å². The number of rotatable bonds is 0. The van der Waals surface area contributed by atoms with Crippen molar-refractivity contribution in [2.45, 2.75) is 12.6 Å². The molecule has 1 unspecified atom stereocenters. The van der Waals surface area contributed by atoms with Gasteiger partial charge in [0.1, 0.15) is 0 Å². The van der Waals surface area contributed by atoms with E-state index in [2.05, 4.69) is 0 Å². The number of ether oxygens (including phenoxy) is 1. The van der Waals surface area contributed by atoms with Crippen LogP contribution in [-0.2, 0) is 9.53 Å². The van der Waals surface area contributed by atoms with Gasteiger partial charge in [0.05, 0.1) is 6.61 Å². The van der Waals surface area contributed by atoms with Crippen molar-refractivity contribution < 1.29 is 9.53 Å². The van der Waals surface area contributed by atoms with Crippen molar-refractivity contribution in [3.05, 3.63) is 0 Å². The van der Waals surface area contributed by atoms with E-state index in [-0.39, 0.29) is 5.78 Å². The van der Waals surface area contributed by atoms with Crippen LogP contribution in [0.3, 0.4) is 0 Å². The topological polar surface area (TPSA) is 52.3 Å². The molecule has 0 aliphatic carbocycles. The molecule has 40 valence electrons. The molecule has 0 bridgehead atoms. The van der Waals surface area contributed by atoms with Gasteiger partial charge in [0, 0.05) is 6.42 Å². The zero-order chi connectivity index (χ0) is 5.28. The summed E-state index contributed by atoms with van der Waals surface area (Å²) >= 11 is 0. The SMILES string of the molecule is NC1OCCC1=O. The summed E-state index contributed by atoms with van der Waals surface area (Å²) in [6, 6.07) is 0. The molecule has 0 aromatic rings. The van der Waals surface area contributed by atoms with Crippen LogP contribution < -0.4 is 5.73 Å². The quantitative estimate of drug-likeness (QED) is 0.437. The lowest BCUT2D eigenvalue weighted by atomic mass is 10.3. The first kappa shape index (κ1) is 4.74.